The number of rotatable bonds is 22. The molecule has 1 aromatic carbocycles. The van der Waals surface area contributed by atoms with Crippen molar-refractivity contribution in [2.45, 2.75) is 107 Å². The lowest BCUT2D eigenvalue weighted by Crippen LogP contribution is -2.55. The average molecular weight is 1090 g/mol. The quantitative estimate of drug-likeness (QED) is 0.0986. The van der Waals surface area contributed by atoms with E-state index >= 15 is 0 Å². The molecule has 6 atom stereocenters. The largest absolute Gasteiger partial charge is 0.337 e. The summed E-state index contributed by atoms with van der Waals surface area (Å²) in [5.74, 6) is -0.960. The molecular weight excluding hydrogens is 1030 g/mol. The van der Waals surface area contributed by atoms with E-state index in [1.54, 1.807) is 36.4 Å². The Morgan fingerprint density at radius 3 is 2.23 bits per heavy atom. The highest BCUT2D eigenvalue weighted by atomic mass is 35.5. The molecule has 22 heteroatoms. The minimum absolute atomic E-state index is 0.0414. The zero-order valence-corrected chi connectivity index (χ0v) is 45.3. The zero-order chi connectivity index (χ0) is 50.9. The number of carbonyl (C=O) groups is 4. The van der Waals surface area contributed by atoms with Crippen LogP contribution in [0, 0.1) is 5.92 Å². The molecule has 6 heterocycles. The van der Waals surface area contributed by atoms with Gasteiger partial charge in [0.05, 0.1) is 17.4 Å². The van der Waals surface area contributed by atoms with Gasteiger partial charge in [-0.1, -0.05) is 54.4 Å². The number of hydrogen-bond acceptors (Lipinski definition) is 12. The Morgan fingerprint density at radius 2 is 1.55 bits per heavy atom. The number of carbonyl (C=O) groups excluding carboxylic acids is 4. The van der Waals surface area contributed by atoms with Crippen LogP contribution in [-0.4, -0.2) is 161 Å². The Hall–Kier alpha value is -3.70. The lowest BCUT2D eigenvalue weighted by atomic mass is 10.0. The molecule has 388 valence electrons. The number of fused-ring (bicyclic) bond motifs is 1. The third kappa shape index (κ3) is 15.0. The van der Waals surface area contributed by atoms with Crippen molar-refractivity contribution in [2.75, 3.05) is 65.4 Å². The van der Waals surface area contributed by atoms with E-state index in [1.165, 1.54) is 27.2 Å². The van der Waals surface area contributed by atoms with Gasteiger partial charge < -0.3 is 29.8 Å². The molecule has 4 aliphatic heterocycles. The fraction of sp³-hybridized carbons (Fsp3) is 0.551. The van der Waals surface area contributed by atoms with Crippen molar-refractivity contribution in [3.8, 4) is 0 Å². The van der Waals surface area contributed by atoms with Crippen LogP contribution in [0.1, 0.15) is 77.0 Å². The van der Waals surface area contributed by atoms with E-state index in [1.807, 2.05) is 35.0 Å². The van der Waals surface area contributed by atoms with E-state index in [2.05, 4.69) is 39.6 Å². The van der Waals surface area contributed by atoms with Crippen molar-refractivity contribution < 1.29 is 36.0 Å². The minimum atomic E-state index is -4.00. The van der Waals surface area contributed by atoms with Crippen molar-refractivity contribution in [2.24, 2.45) is 5.92 Å². The molecule has 16 nitrogen and oxygen atoms in total. The number of likely N-dealkylation sites (N-methyl/N-ethyl adjacent to an activating group) is 1. The summed E-state index contributed by atoms with van der Waals surface area (Å²) in [5.41, 5.74) is 0. The number of benzene rings is 1. The van der Waals surface area contributed by atoms with Crippen molar-refractivity contribution in [3.05, 3.63) is 80.3 Å². The van der Waals surface area contributed by atoms with Crippen LogP contribution in [0.4, 0.5) is 0 Å². The third-order valence-corrected chi connectivity index (χ3v) is 19.3. The predicted octanol–water partition coefficient (Wildman–Crippen LogP) is 6.15. The Balaban J connectivity index is 0.927. The highest BCUT2D eigenvalue weighted by Gasteiger charge is 2.40. The maximum Gasteiger partial charge on any atom is 0.250 e. The van der Waals surface area contributed by atoms with Gasteiger partial charge in [-0.2, -0.15) is 9.44 Å². The predicted molar refractivity (Wildman–Crippen MR) is 283 cm³/mol. The first-order valence-electron chi connectivity index (χ1n) is 24.5. The Labute approximate surface area is 436 Å². The van der Waals surface area contributed by atoms with Crippen LogP contribution >= 0.6 is 45.9 Å². The number of halogens is 2. The topological polar surface area (TPSA) is 189 Å². The molecular formula is C49H66Cl2N8O8S4. The number of nitrogens with zero attached hydrogens (tertiary/aromatic N) is 5. The number of hydrogen-bond donors (Lipinski definition) is 3. The summed E-state index contributed by atoms with van der Waals surface area (Å²) in [6, 6.07) is 8.07. The number of nitrogens with one attached hydrogen (secondary N) is 3. The van der Waals surface area contributed by atoms with E-state index < -0.39 is 43.9 Å². The molecule has 0 aliphatic carbocycles. The molecule has 0 bridgehead atoms. The first-order chi connectivity index (χ1) is 33.9. The van der Waals surface area contributed by atoms with Gasteiger partial charge in [-0.3, -0.25) is 19.2 Å². The Morgan fingerprint density at radius 1 is 0.859 bits per heavy atom. The number of amides is 4. The molecule has 4 amide bonds. The van der Waals surface area contributed by atoms with Gasteiger partial charge in [-0.15, -0.1) is 22.7 Å². The van der Waals surface area contributed by atoms with E-state index in [0.717, 1.165) is 60.2 Å². The highest BCUT2D eigenvalue weighted by molar-refractivity contribution is 7.92. The molecule has 71 heavy (non-hydrogen) atoms. The second kappa shape index (κ2) is 25.0. The van der Waals surface area contributed by atoms with E-state index in [4.69, 9.17) is 23.2 Å². The van der Waals surface area contributed by atoms with Gasteiger partial charge in [0.1, 0.15) is 16.3 Å². The van der Waals surface area contributed by atoms with Crippen molar-refractivity contribution in [1.29, 1.82) is 0 Å². The summed E-state index contributed by atoms with van der Waals surface area (Å²) in [6.07, 6.45) is 14.4. The second-order valence-corrected chi connectivity index (χ2v) is 25.7. The summed E-state index contributed by atoms with van der Waals surface area (Å²) in [5, 5.41) is 5.80. The van der Waals surface area contributed by atoms with Crippen molar-refractivity contribution >= 4 is 106 Å². The van der Waals surface area contributed by atoms with Crippen LogP contribution in [-0.2, 0) is 39.2 Å². The van der Waals surface area contributed by atoms with Gasteiger partial charge in [0.25, 0.3) is 10.0 Å². The highest BCUT2D eigenvalue weighted by Crippen LogP contribution is 2.32. The first-order valence-corrected chi connectivity index (χ1v) is 29.9. The summed E-state index contributed by atoms with van der Waals surface area (Å²) >= 11 is 14.5. The first kappa shape index (κ1) is 55.1. The lowest BCUT2D eigenvalue weighted by Gasteiger charge is -2.35. The van der Waals surface area contributed by atoms with E-state index in [-0.39, 0.29) is 53.2 Å². The van der Waals surface area contributed by atoms with Crippen LogP contribution in [0.2, 0.25) is 9.36 Å². The molecule has 2 unspecified atom stereocenters. The van der Waals surface area contributed by atoms with Crippen LogP contribution in [0.5, 0.6) is 0 Å². The molecule has 0 saturated carbocycles. The molecule has 4 saturated heterocycles. The molecule has 0 radical (unpaired) electrons. The van der Waals surface area contributed by atoms with Crippen molar-refractivity contribution in [3.63, 3.8) is 0 Å². The average Bonchev–Trinajstić information content (AvgIpc) is 4.16. The van der Waals surface area contributed by atoms with Gasteiger partial charge in [-0.05, 0) is 132 Å². The van der Waals surface area contributed by atoms with Gasteiger partial charge in [0, 0.05) is 77.4 Å². The fourth-order valence-corrected chi connectivity index (χ4v) is 14.8. The summed E-state index contributed by atoms with van der Waals surface area (Å²) in [4.78, 5) is 65.2. The fourth-order valence-electron chi connectivity index (χ4n) is 9.95. The summed E-state index contributed by atoms with van der Waals surface area (Å²) in [7, 11) is -7.96. The molecule has 2 aromatic heterocycles. The van der Waals surface area contributed by atoms with Crippen molar-refractivity contribution in [1.82, 2.24) is 39.3 Å². The van der Waals surface area contributed by atoms with Gasteiger partial charge >= 0.3 is 0 Å². The standard InChI is InChI=1S/C49H66Cl2N8O8S4/c1-4-6-7-11-34(3)52-29-39-26-35(30-59(39)46(61)33-57-21-9-13-41(48(57)62)53-70(64,65)25-20-40-16-18-44(51)68-40)19-24-55(5-2)31-38-12-8-23-58(38)45(60)32-56-22-10-14-42(49(56)63)54-71(66,67)47-28-36-27-37(50)15-17-43(36)69-47/h4,6-7,11,15-18,20,25,27-28,34-35,38-39,41-42,52-54H,5,8-10,12-14,19,21-24,26,29-33H2,1-3H3/b6-4-,11-7-,25-20+/t34?,35?,38-,39-,41-,42-/m0/s1. The maximum atomic E-state index is 14.2. The Bertz CT molecular complexity index is 2690. The monoisotopic (exact) mass is 1090 g/mol. The van der Waals surface area contributed by atoms with Gasteiger partial charge in [0.15, 0.2) is 0 Å². The SMILES string of the molecule is C/C=C\C=C/C(C)NC[C@@H]1CC(CCN(CC)C[C@@H]2CCCN2C(=O)CN2CCC[C@H](NS(=O)(=O)c3cc4cc(Cl)ccc4s3)C2=O)CN1C(=O)CN1CCC[C@H](NS(=O)(=O)/C=C/c2ccc(Cl)s2)C1=O. The molecule has 3 N–H and O–H groups in total. The van der Waals surface area contributed by atoms with Crippen LogP contribution in [0.3, 0.4) is 0 Å². The van der Waals surface area contributed by atoms with Crippen LogP contribution in [0.25, 0.3) is 16.2 Å². The number of thiophene rings is 2. The number of sulfonamides is 2. The third-order valence-electron chi connectivity index (χ3n) is 13.7. The molecule has 0 spiro atoms. The number of piperidine rings is 2. The Kier molecular flexibility index (Phi) is 19.4. The molecule has 4 aliphatic rings. The molecule has 3 aromatic rings. The normalized spacial score (nSPS) is 23.3. The summed E-state index contributed by atoms with van der Waals surface area (Å²) < 4.78 is 59.4. The van der Waals surface area contributed by atoms with E-state index in [9.17, 15) is 36.0 Å². The maximum absolute atomic E-state index is 14.2. The lowest BCUT2D eigenvalue weighted by molar-refractivity contribution is -0.143. The number of likely N-dealkylation sites (tertiary alicyclic amines) is 4. The van der Waals surface area contributed by atoms with Gasteiger partial charge in [-0.25, -0.2) is 16.8 Å². The van der Waals surface area contributed by atoms with E-state index in [0.29, 0.717) is 84.6 Å². The smallest absolute Gasteiger partial charge is 0.250 e. The second-order valence-electron chi connectivity index (χ2n) is 18.9. The molecule has 4 fully saturated rings. The number of allylic oxidation sites excluding steroid dienone is 3. The van der Waals surface area contributed by atoms with Crippen LogP contribution in [0.15, 0.2) is 70.3 Å². The van der Waals surface area contributed by atoms with Crippen LogP contribution < -0.4 is 14.8 Å². The molecule has 7 rings (SSSR count). The minimum Gasteiger partial charge on any atom is -0.337 e. The zero-order valence-electron chi connectivity index (χ0n) is 40.5. The van der Waals surface area contributed by atoms with Gasteiger partial charge in [0.2, 0.25) is 33.7 Å². The summed E-state index contributed by atoms with van der Waals surface area (Å²) in [6.45, 7) is 10.4.